The predicted octanol–water partition coefficient (Wildman–Crippen LogP) is 3.76. The van der Waals surface area contributed by atoms with E-state index in [9.17, 15) is 0 Å². The number of hydrogen-bond donors (Lipinski definition) is 0. The summed E-state index contributed by atoms with van der Waals surface area (Å²) in [5.74, 6) is 0. The summed E-state index contributed by atoms with van der Waals surface area (Å²) in [7, 11) is 6.11. The first-order chi connectivity index (χ1) is 7.14. The van der Waals surface area contributed by atoms with Crippen LogP contribution >= 0.6 is 9.07 Å². The Labute approximate surface area is 113 Å². The fourth-order valence-corrected chi connectivity index (χ4v) is 2.69. The number of rotatable bonds is 1. The lowest BCUT2D eigenvalue weighted by Crippen LogP contribution is -2.22. The molecule has 0 aliphatic rings. The molecule has 16 heavy (non-hydrogen) atoms. The van der Waals surface area contributed by atoms with Crippen LogP contribution in [0.2, 0.25) is 0 Å². The monoisotopic (exact) mass is 248 g/mol. The van der Waals surface area contributed by atoms with Gasteiger partial charge in [-0.15, -0.1) is 3.69 Å². The van der Waals surface area contributed by atoms with Gasteiger partial charge in [-0.25, -0.2) is 0 Å². The maximum atomic E-state index is 6.11. The Morgan fingerprint density at radius 1 is 0.812 bits per heavy atom. The lowest BCUT2D eigenvalue weighted by molar-refractivity contribution is 0.569. The van der Waals surface area contributed by atoms with Crippen LogP contribution in [0.25, 0.3) is 0 Å². The molecule has 0 saturated carbocycles. The van der Waals surface area contributed by atoms with Crippen molar-refractivity contribution >= 4 is 32.0 Å². The molecule has 1 rings (SSSR count). The molecular formula is C14H21ClMg. The van der Waals surface area contributed by atoms with E-state index in [1.807, 2.05) is 0 Å². The molecule has 0 aromatic heterocycles. The van der Waals surface area contributed by atoms with Crippen LogP contribution in [0.3, 0.4) is 0 Å². The fourth-order valence-electron chi connectivity index (χ4n) is 1.64. The molecule has 0 N–H and O–H groups in total. The van der Waals surface area contributed by atoms with E-state index in [0.717, 1.165) is 0 Å². The van der Waals surface area contributed by atoms with Gasteiger partial charge in [-0.05, 0) is 22.0 Å². The zero-order valence-corrected chi connectivity index (χ0v) is 13.5. The van der Waals surface area contributed by atoms with Gasteiger partial charge in [0.05, 0.1) is 0 Å². The summed E-state index contributed by atoms with van der Waals surface area (Å²) < 4.78 is 1.36. The lowest BCUT2D eigenvalue weighted by Gasteiger charge is -2.26. The summed E-state index contributed by atoms with van der Waals surface area (Å²) in [5.41, 5.74) is 3.22. The maximum absolute atomic E-state index is 6.11. The summed E-state index contributed by atoms with van der Waals surface area (Å²) in [5, 5.41) is 0. The maximum Gasteiger partial charge on any atom is 0.538 e. The molecule has 0 fully saturated rings. The van der Waals surface area contributed by atoms with Gasteiger partial charge in [0.2, 0.25) is 0 Å². The Bertz CT molecular complexity index is 337. The quantitative estimate of drug-likeness (QED) is 0.664. The third-order valence-corrected chi connectivity index (χ3v) is 4.52. The van der Waals surface area contributed by atoms with Crippen molar-refractivity contribution in [1.29, 1.82) is 0 Å². The zero-order chi connectivity index (χ0) is 12.6. The SMILES string of the molecule is CC(C)(C)c1c[c]([Mg][Cl])cc(C(C)(C)C)c1. The van der Waals surface area contributed by atoms with E-state index in [4.69, 9.17) is 9.07 Å². The van der Waals surface area contributed by atoms with Crippen LogP contribution in [-0.4, -0.2) is 19.3 Å². The van der Waals surface area contributed by atoms with Crippen molar-refractivity contribution in [2.45, 2.75) is 52.4 Å². The molecule has 0 spiro atoms. The second-order valence-corrected chi connectivity index (χ2v) is 8.44. The first-order valence-electron chi connectivity index (χ1n) is 5.85. The summed E-state index contributed by atoms with van der Waals surface area (Å²) in [6.45, 7) is 13.5. The highest BCUT2D eigenvalue weighted by molar-refractivity contribution is 7.01. The van der Waals surface area contributed by atoms with E-state index < -0.39 is 19.3 Å². The minimum Gasteiger partial charge on any atom is -0.336 e. The summed E-state index contributed by atoms with van der Waals surface area (Å²) >= 11 is -0.595. The first-order valence-corrected chi connectivity index (χ1v) is 8.70. The van der Waals surface area contributed by atoms with Crippen LogP contribution in [0.15, 0.2) is 18.2 Å². The minimum absolute atomic E-state index is 0.205. The van der Waals surface area contributed by atoms with Gasteiger partial charge in [-0.2, -0.15) is 0 Å². The largest absolute Gasteiger partial charge is 0.538 e. The molecule has 1 aromatic carbocycles. The third kappa shape index (κ3) is 3.64. The Balaban J connectivity index is 3.33. The topological polar surface area (TPSA) is 0 Å². The van der Waals surface area contributed by atoms with Crippen LogP contribution in [0.5, 0.6) is 0 Å². The van der Waals surface area contributed by atoms with Crippen molar-refractivity contribution in [3.63, 3.8) is 0 Å². The number of hydrogen-bond acceptors (Lipinski definition) is 0. The molecule has 0 amide bonds. The third-order valence-electron chi connectivity index (χ3n) is 2.88. The molecule has 0 unspecified atom stereocenters. The van der Waals surface area contributed by atoms with Gasteiger partial charge >= 0.3 is 19.3 Å². The molecule has 86 valence electrons. The van der Waals surface area contributed by atoms with Crippen LogP contribution in [-0.2, 0) is 10.8 Å². The van der Waals surface area contributed by atoms with Gasteiger partial charge in [0, 0.05) is 0 Å². The number of halogens is 1. The Morgan fingerprint density at radius 2 is 1.19 bits per heavy atom. The standard InChI is InChI=1S/C14H21.ClH.Mg/c1-13(2,3)11-8-7-9-12(10-11)14(4,5)6;;/h8-10H,1-6H3;1H;/q;;+1/p-1. The van der Waals surface area contributed by atoms with Crippen molar-refractivity contribution in [3.05, 3.63) is 29.3 Å². The molecule has 0 bridgehead atoms. The van der Waals surface area contributed by atoms with Crippen LogP contribution in [0, 0.1) is 0 Å². The second-order valence-electron chi connectivity index (χ2n) is 6.55. The molecule has 0 radical (unpaired) electrons. The molecule has 0 saturated heterocycles. The van der Waals surface area contributed by atoms with Crippen LogP contribution in [0.1, 0.15) is 52.7 Å². The Hall–Kier alpha value is 0.276. The van der Waals surface area contributed by atoms with Gasteiger partial charge in [0.15, 0.2) is 0 Å². The molecule has 0 nitrogen and oxygen atoms in total. The van der Waals surface area contributed by atoms with E-state index >= 15 is 0 Å². The van der Waals surface area contributed by atoms with Gasteiger partial charge in [-0.3, -0.25) is 0 Å². The molecule has 0 aliphatic heterocycles. The average Bonchev–Trinajstić information content (AvgIpc) is 2.14. The van der Waals surface area contributed by atoms with E-state index in [2.05, 4.69) is 59.7 Å². The molecular weight excluding hydrogens is 228 g/mol. The average molecular weight is 249 g/mol. The molecule has 1 aromatic rings. The summed E-state index contributed by atoms with van der Waals surface area (Å²) in [6, 6.07) is 6.91. The van der Waals surface area contributed by atoms with E-state index in [-0.39, 0.29) is 10.8 Å². The summed E-state index contributed by atoms with van der Waals surface area (Å²) in [6.07, 6.45) is 0. The predicted molar refractivity (Wildman–Crippen MR) is 75.1 cm³/mol. The van der Waals surface area contributed by atoms with E-state index in [1.54, 1.807) is 0 Å². The Morgan fingerprint density at radius 3 is 1.44 bits per heavy atom. The van der Waals surface area contributed by atoms with E-state index in [1.165, 1.54) is 14.8 Å². The minimum atomic E-state index is -0.595. The van der Waals surface area contributed by atoms with Gasteiger partial charge in [-0.1, -0.05) is 59.7 Å². The fraction of sp³-hybridized carbons (Fsp3) is 0.571. The molecule has 0 heterocycles. The highest BCUT2D eigenvalue weighted by Gasteiger charge is 2.20. The number of benzene rings is 1. The lowest BCUT2D eigenvalue weighted by atomic mass is 9.81. The van der Waals surface area contributed by atoms with Crippen LogP contribution < -0.4 is 3.69 Å². The van der Waals surface area contributed by atoms with E-state index in [0.29, 0.717) is 0 Å². The molecule has 0 atom stereocenters. The van der Waals surface area contributed by atoms with Gasteiger partial charge < -0.3 is 9.07 Å². The van der Waals surface area contributed by atoms with Crippen molar-refractivity contribution < 1.29 is 0 Å². The Kier molecular flexibility index (Phi) is 4.37. The highest BCUT2D eigenvalue weighted by atomic mass is 35.5. The summed E-state index contributed by atoms with van der Waals surface area (Å²) in [4.78, 5) is 0. The molecule has 2 heteroatoms. The van der Waals surface area contributed by atoms with Crippen molar-refractivity contribution in [1.82, 2.24) is 0 Å². The first kappa shape index (κ1) is 14.3. The van der Waals surface area contributed by atoms with Crippen molar-refractivity contribution in [2.75, 3.05) is 0 Å². The van der Waals surface area contributed by atoms with Crippen LogP contribution in [0.4, 0.5) is 0 Å². The van der Waals surface area contributed by atoms with Gasteiger partial charge in [0.25, 0.3) is 0 Å². The molecule has 0 aliphatic carbocycles. The zero-order valence-electron chi connectivity index (χ0n) is 11.3. The van der Waals surface area contributed by atoms with Gasteiger partial charge in [0.1, 0.15) is 0 Å². The van der Waals surface area contributed by atoms with Crippen molar-refractivity contribution in [3.8, 4) is 0 Å². The second kappa shape index (κ2) is 4.87. The highest BCUT2D eigenvalue weighted by Crippen LogP contribution is 2.27. The smallest absolute Gasteiger partial charge is 0.336 e. The normalized spacial score (nSPS) is 12.4. The van der Waals surface area contributed by atoms with Crippen molar-refractivity contribution in [2.24, 2.45) is 0 Å².